The van der Waals surface area contributed by atoms with Crippen molar-refractivity contribution in [2.75, 3.05) is 0 Å². The molecule has 0 aromatic heterocycles. The third-order valence-corrected chi connectivity index (χ3v) is 2.13. The second kappa shape index (κ2) is 3.04. The Morgan fingerprint density at radius 1 is 1.14 bits per heavy atom. The summed E-state index contributed by atoms with van der Waals surface area (Å²) in [6.45, 7) is 0. The lowest BCUT2D eigenvalue weighted by Gasteiger charge is -2.27. The zero-order valence-corrected chi connectivity index (χ0v) is 7.25. The fraction of sp³-hybridized carbons (Fsp3) is 0.200. The van der Waals surface area contributed by atoms with E-state index in [9.17, 15) is 13.2 Å². The smallest absolute Gasteiger partial charge is 0.324 e. The van der Waals surface area contributed by atoms with Crippen molar-refractivity contribution in [3.05, 3.63) is 48.0 Å². The van der Waals surface area contributed by atoms with Crippen LogP contribution in [0.3, 0.4) is 0 Å². The van der Waals surface area contributed by atoms with Crippen molar-refractivity contribution in [3.8, 4) is 0 Å². The Morgan fingerprint density at radius 2 is 1.93 bits per heavy atom. The van der Waals surface area contributed by atoms with Crippen LogP contribution in [0.1, 0.15) is 6.42 Å². The van der Waals surface area contributed by atoms with Gasteiger partial charge in [-0.2, -0.15) is 13.2 Å². The monoisotopic (exact) mass is 199 g/mol. The minimum atomic E-state index is -4.24. The number of nitrogens with zero attached hydrogens (tertiary/aromatic N) is 1. The van der Waals surface area contributed by atoms with Crippen molar-refractivity contribution in [3.63, 3.8) is 0 Å². The van der Waals surface area contributed by atoms with Crippen LogP contribution in [0.15, 0.2) is 48.0 Å². The van der Waals surface area contributed by atoms with E-state index in [2.05, 4.69) is 0 Å². The van der Waals surface area contributed by atoms with E-state index >= 15 is 0 Å². The molecule has 0 bridgehead atoms. The maximum Gasteiger partial charge on any atom is 0.414 e. The summed E-state index contributed by atoms with van der Waals surface area (Å²) in [6, 6.07) is 0. The normalized spacial score (nSPS) is 20.4. The molecule has 0 saturated heterocycles. The summed E-state index contributed by atoms with van der Waals surface area (Å²) >= 11 is 0. The number of hydrogen-bond donors (Lipinski definition) is 0. The van der Waals surface area contributed by atoms with Crippen molar-refractivity contribution in [1.29, 1.82) is 0 Å². The summed E-state index contributed by atoms with van der Waals surface area (Å²) in [4.78, 5) is 1.48. The van der Waals surface area contributed by atoms with E-state index in [0.29, 0.717) is 0 Å². The van der Waals surface area contributed by atoms with Gasteiger partial charge in [-0.15, -0.1) is 0 Å². The largest absolute Gasteiger partial charge is 0.414 e. The van der Waals surface area contributed by atoms with Gasteiger partial charge in [-0.1, -0.05) is 12.2 Å². The topological polar surface area (TPSA) is 3.24 Å². The molecule has 4 heteroatoms. The van der Waals surface area contributed by atoms with Crippen LogP contribution in [0.2, 0.25) is 0 Å². The summed E-state index contributed by atoms with van der Waals surface area (Å²) in [5.74, 6) is 0. The highest BCUT2D eigenvalue weighted by molar-refractivity contribution is 5.39. The van der Waals surface area contributed by atoms with Gasteiger partial charge in [0.2, 0.25) is 0 Å². The predicted molar refractivity (Wildman–Crippen MR) is 47.0 cm³/mol. The van der Waals surface area contributed by atoms with Gasteiger partial charge in [0.15, 0.2) is 0 Å². The highest BCUT2D eigenvalue weighted by atomic mass is 19.4. The zero-order chi connectivity index (χ0) is 10.2. The van der Waals surface area contributed by atoms with Gasteiger partial charge in [0.05, 0.1) is 11.3 Å². The van der Waals surface area contributed by atoms with E-state index in [4.69, 9.17) is 0 Å². The number of halogens is 3. The second-order valence-electron chi connectivity index (χ2n) is 3.06. The summed E-state index contributed by atoms with van der Waals surface area (Å²) in [7, 11) is 0. The van der Waals surface area contributed by atoms with Gasteiger partial charge in [0, 0.05) is 12.4 Å². The Labute approximate surface area is 79.5 Å². The quantitative estimate of drug-likeness (QED) is 0.579. The summed E-state index contributed by atoms with van der Waals surface area (Å²) < 4.78 is 37.6. The molecule has 2 aliphatic heterocycles. The highest BCUT2D eigenvalue weighted by Crippen LogP contribution is 2.36. The van der Waals surface area contributed by atoms with E-state index in [1.807, 2.05) is 0 Å². The molecule has 0 N–H and O–H groups in total. The molecule has 0 unspecified atom stereocenters. The molecule has 14 heavy (non-hydrogen) atoms. The minimum Gasteiger partial charge on any atom is -0.324 e. The second-order valence-corrected chi connectivity index (χ2v) is 3.06. The van der Waals surface area contributed by atoms with Crippen LogP contribution in [-0.2, 0) is 0 Å². The molecule has 1 nitrogen and oxygen atoms in total. The average molecular weight is 199 g/mol. The Hall–Kier alpha value is -1.45. The van der Waals surface area contributed by atoms with Crippen LogP contribution in [-0.4, -0.2) is 11.1 Å². The van der Waals surface area contributed by atoms with Gasteiger partial charge < -0.3 is 4.90 Å². The fourth-order valence-electron chi connectivity index (χ4n) is 1.49. The molecule has 0 aromatic rings. The predicted octanol–water partition coefficient (Wildman–Crippen LogP) is 3.11. The molecule has 0 aromatic carbocycles. The first-order valence-corrected chi connectivity index (χ1v) is 4.19. The van der Waals surface area contributed by atoms with Crippen molar-refractivity contribution >= 4 is 0 Å². The van der Waals surface area contributed by atoms with E-state index < -0.39 is 11.7 Å². The molecule has 0 saturated carbocycles. The van der Waals surface area contributed by atoms with Crippen LogP contribution in [0.25, 0.3) is 0 Å². The third-order valence-electron chi connectivity index (χ3n) is 2.13. The molecule has 0 atom stereocenters. The summed E-state index contributed by atoms with van der Waals surface area (Å²) in [5, 5.41) is 0. The van der Waals surface area contributed by atoms with E-state index in [1.54, 1.807) is 24.6 Å². The number of alkyl halides is 3. The SMILES string of the molecule is FC(F)(F)C1=C2C=CC=CN2C=CC1. The van der Waals surface area contributed by atoms with E-state index in [1.165, 1.54) is 17.1 Å². The Kier molecular flexibility index (Phi) is 1.98. The van der Waals surface area contributed by atoms with Crippen LogP contribution >= 0.6 is 0 Å². The molecule has 0 fully saturated rings. The van der Waals surface area contributed by atoms with Crippen LogP contribution < -0.4 is 0 Å². The Bertz CT molecular complexity index is 358. The zero-order valence-electron chi connectivity index (χ0n) is 7.25. The molecular weight excluding hydrogens is 191 g/mol. The molecule has 0 aliphatic carbocycles. The molecule has 2 aliphatic rings. The van der Waals surface area contributed by atoms with Gasteiger partial charge >= 0.3 is 6.18 Å². The number of rotatable bonds is 0. The summed E-state index contributed by atoms with van der Waals surface area (Å²) in [6.07, 6.45) is 5.26. The summed E-state index contributed by atoms with van der Waals surface area (Å²) in [5.41, 5.74) is -0.261. The van der Waals surface area contributed by atoms with Crippen LogP contribution in [0.4, 0.5) is 13.2 Å². The molecule has 0 amide bonds. The van der Waals surface area contributed by atoms with Gasteiger partial charge in [0.1, 0.15) is 0 Å². The average Bonchev–Trinajstić information content (AvgIpc) is 2.15. The lowest BCUT2D eigenvalue weighted by Crippen LogP contribution is -2.23. The minimum absolute atomic E-state index is 0.0481. The van der Waals surface area contributed by atoms with Crippen molar-refractivity contribution < 1.29 is 13.2 Å². The number of allylic oxidation sites excluding steroid dienone is 5. The molecule has 2 rings (SSSR count). The number of hydrogen-bond acceptors (Lipinski definition) is 1. The maximum atomic E-state index is 12.5. The Morgan fingerprint density at radius 3 is 2.64 bits per heavy atom. The lowest BCUT2D eigenvalue weighted by molar-refractivity contribution is -0.0947. The van der Waals surface area contributed by atoms with E-state index in [-0.39, 0.29) is 12.1 Å². The van der Waals surface area contributed by atoms with Gasteiger partial charge in [0.25, 0.3) is 0 Å². The molecule has 0 radical (unpaired) electrons. The van der Waals surface area contributed by atoms with Crippen molar-refractivity contribution in [1.82, 2.24) is 4.90 Å². The molecule has 0 spiro atoms. The number of fused-ring (bicyclic) bond motifs is 1. The fourth-order valence-corrected chi connectivity index (χ4v) is 1.49. The first kappa shape index (κ1) is 9.12. The van der Waals surface area contributed by atoms with Crippen molar-refractivity contribution in [2.45, 2.75) is 12.6 Å². The Balaban J connectivity index is 2.44. The molecule has 2 heterocycles. The maximum absolute atomic E-state index is 12.5. The molecule has 74 valence electrons. The van der Waals surface area contributed by atoms with Gasteiger partial charge in [-0.05, 0) is 18.6 Å². The third kappa shape index (κ3) is 1.47. The van der Waals surface area contributed by atoms with Crippen LogP contribution in [0.5, 0.6) is 0 Å². The lowest BCUT2D eigenvalue weighted by atomic mass is 10.0. The van der Waals surface area contributed by atoms with Crippen molar-refractivity contribution in [2.24, 2.45) is 0 Å². The standard InChI is InChI=1S/C10H8F3N/c11-10(12,13)8-4-3-7-14-6-2-1-5-9(8)14/h1-3,5-7H,4H2. The molecular formula is C10H8F3N. The van der Waals surface area contributed by atoms with Gasteiger partial charge in [-0.3, -0.25) is 0 Å². The first-order valence-electron chi connectivity index (χ1n) is 4.19. The van der Waals surface area contributed by atoms with Crippen LogP contribution in [0, 0.1) is 0 Å². The van der Waals surface area contributed by atoms with Gasteiger partial charge in [-0.25, -0.2) is 0 Å². The highest BCUT2D eigenvalue weighted by Gasteiger charge is 2.37. The van der Waals surface area contributed by atoms with E-state index in [0.717, 1.165) is 0 Å². The first-order chi connectivity index (χ1) is 6.59.